The van der Waals surface area contributed by atoms with Crippen molar-refractivity contribution >= 4 is 5.97 Å². The van der Waals surface area contributed by atoms with E-state index in [1.807, 2.05) is 20.8 Å². The van der Waals surface area contributed by atoms with Crippen molar-refractivity contribution in [3.63, 3.8) is 0 Å². The number of aryl methyl sites for hydroxylation is 1. The number of rotatable bonds is 6. The van der Waals surface area contributed by atoms with E-state index in [1.165, 1.54) is 6.20 Å². The smallest absolute Gasteiger partial charge is 0.359 e. The van der Waals surface area contributed by atoms with Gasteiger partial charge in [0, 0.05) is 19.0 Å². The van der Waals surface area contributed by atoms with Crippen molar-refractivity contribution in [1.29, 1.82) is 0 Å². The molecule has 19 heavy (non-hydrogen) atoms. The third kappa shape index (κ3) is 5.79. The molecule has 0 saturated carbocycles. The van der Waals surface area contributed by atoms with Gasteiger partial charge in [-0.25, -0.2) is 9.78 Å². The number of unbranched alkanes of at least 4 members (excludes halogenated alkanes) is 2. The summed E-state index contributed by atoms with van der Waals surface area (Å²) >= 11 is 0. The van der Waals surface area contributed by atoms with Crippen LogP contribution in [0.4, 0.5) is 0 Å². The van der Waals surface area contributed by atoms with E-state index in [9.17, 15) is 4.79 Å². The molecule has 0 aliphatic heterocycles. The molecule has 0 saturated heterocycles. The zero-order chi connectivity index (χ0) is 14.3. The molecule has 0 spiro atoms. The number of hydrogen-bond acceptors (Lipinski definition) is 5. The molecule has 0 fully saturated rings. The predicted molar refractivity (Wildman–Crippen MR) is 71.8 cm³/mol. The molecule has 0 atom stereocenters. The van der Waals surface area contributed by atoms with Gasteiger partial charge >= 0.3 is 5.97 Å². The minimum atomic E-state index is -0.539. The van der Waals surface area contributed by atoms with Crippen LogP contribution < -0.4 is 0 Å². The Bertz CT molecular complexity index is 413. The highest BCUT2D eigenvalue weighted by Crippen LogP contribution is 2.14. The molecule has 5 nitrogen and oxygen atoms in total. The van der Waals surface area contributed by atoms with Gasteiger partial charge in [0.2, 0.25) is 0 Å². The number of aliphatic hydroxyl groups is 1. The molecule has 1 aromatic heterocycles. The van der Waals surface area contributed by atoms with E-state index in [0.29, 0.717) is 17.8 Å². The van der Waals surface area contributed by atoms with Gasteiger partial charge in [-0.15, -0.1) is 0 Å². The van der Waals surface area contributed by atoms with Gasteiger partial charge in [-0.2, -0.15) is 0 Å². The first-order valence-corrected chi connectivity index (χ1v) is 6.58. The summed E-state index contributed by atoms with van der Waals surface area (Å²) < 4.78 is 5.31. The van der Waals surface area contributed by atoms with Crippen LogP contribution in [0.25, 0.3) is 0 Å². The summed E-state index contributed by atoms with van der Waals surface area (Å²) in [5.74, 6) is -0.433. The summed E-state index contributed by atoms with van der Waals surface area (Å²) in [5, 5.41) is 8.73. The zero-order valence-electron chi connectivity index (χ0n) is 11.8. The lowest BCUT2D eigenvalue weighted by Gasteiger charge is -2.19. The molecule has 0 unspecified atom stereocenters. The first-order valence-electron chi connectivity index (χ1n) is 6.58. The zero-order valence-corrected chi connectivity index (χ0v) is 11.8. The molecular formula is C14H22N2O3. The summed E-state index contributed by atoms with van der Waals surface area (Å²) in [5.41, 5.74) is 0.416. The first kappa shape index (κ1) is 15.6. The molecular weight excluding hydrogens is 244 g/mol. The summed E-state index contributed by atoms with van der Waals surface area (Å²) in [6.07, 6.45) is 6.28. The normalized spacial score (nSPS) is 11.4. The number of aliphatic hydroxyl groups excluding tert-OH is 1. The maximum absolute atomic E-state index is 12.0. The van der Waals surface area contributed by atoms with Crippen LogP contribution in [0.3, 0.4) is 0 Å². The molecule has 0 aliphatic carbocycles. The monoisotopic (exact) mass is 266 g/mol. The second kappa shape index (κ2) is 7.19. The Morgan fingerprint density at radius 3 is 2.53 bits per heavy atom. The highest BCUT2D eigenvalue weighted by Gasteiger charge is 2.21. The van der Waals surface area contributed by atoms with Gasteiger partial charge in [-0.05, 0) is 40.0 Å². The van der Waals surface area contributed by atoms with Crippen LogP contribution >= 0.6 is 0 Å². The fraction of sp³-hybridized carbons (Fsp3) is 0.643. The van der Waals surface area contributed by atoms with Crippen molar-refractivity contribution in [1.82, 2.24) is 9.97 Å². The Morgan fingerprint density at radius 2 is 1.89 bits per heavy atom. The summed E-state index contributed by atoms with van der Waals surface area (Å²) in [4.78, 5) is 20.3. The predicted octanol–water partition coefficient (Wildman–Crippen LogP) is 2.14. The number of nitrogens with zero attached hydrogens (tertiary/aromatic N) is 2. The van der Waals surface area contributed by atoms with Crippen LogP contribution in [0.15, 0.2) is 12.4 Å². The summed E-state index contributed by atoms with van der Waals surface area (Å²) in [6, 6.07) is 0. The quantitative estimate of drug-likeness (QED) is 0.631. The molecule has 0 amide bonds. The van der Waals surface area contributed by atoms with Crippen molar-refractivity contribution in [2.45, 2.75) is 52.1 Å². The molecule has 5 heteroatoms. The topological polar surface area (TPSA) is 72.3 Å². The number of hydrogen-bond donors (Lipinski definition) is 1. The summed E-state index contributed by atoms with van der Waals surface area (Å²) in [6.45, 7) is 5.66. The second-order valence-electron chi connectivity index (χ2n) is 5.39. The van der Waals surface area contributed by atoms with Gasteiger partial charge in [0.15, 0.2) is 5.69 Å². The van der Waals surface area contributed by atoms with E-state index in [0.717, 1.165) is 19.3 Å². The molecule has 0 radical (unpaired) electrons. The lowest BCUT2D eigenvalue weighted by molar-refractivity contribution is 0.00608. The lowest BCUT2D eigenvalue weighted by Crippen LogP contribution is -2.25. The van der Waals surface area contributed by atoms with Crippen molar-refractivity contribution < 1.29 is 14.6 Å². The van der Waals surface area contributed by atoms with Gasteiger partial charge in [0.05, 0.1) is 5.69 Å². The van der Waals surface area contributed by atoms with Crippen LogP contribution in [0.1, 0.15) is 56.2 Å². The van der Waals surface area contributed by atoms with Gasteiger partial charge in [-0.1, -0.05) is 6.42 Å². The van der Waals surface area contributed by atoms with E-state index in [-0.39, 0.29) is 6.61 Å². The standard InChI is InChI=1S/C14H22N2O3/c1-14(2,3)19-13(18)12-11(15-8-9-16-12)7-5-4-6-10-17/h8-9,17H,4-7,10H2,1-3H3. The largest absolute Gasteiger partial charge is 0.455 e. The van der Waals surface area contributed by atoms with E-state index < -0.39 is 11.6 Å². The average Bonchev–Trinajstić information content (AvgIpc) is 2.33. The molecule has 1 heterocycles. The molecule has 0 aromatic carbocycles. The Kier molecular flexibility index (Phi) is 5.89. The van der Waals surface area contributed by atoms with Crippen LogP contribution in [-0.4, -0.2) is 33.3 Å². The molecule has 1 aromatic rings. The lowest BCUT2D eigenvalue weighted by atomic mass is 10.1. The van der Waals surface area contributed by atoms with Crippen LogP contribution in [-0.2, 0) is 11.2 Å². The summed E-state index contributed by atoms with van der Waals surface area (Å²) in [7, 11) is 0. The van der Waals surface area contributed by atoms with E-state index in [1.54, 1.807) is 6.20 Å². The van der Waals surface area contributed by atoms with E-state index in [2.05, 4.69) is 9.97 Å². The Morgan fingerprint density at radius 1 is 1.21 bits per heavy atom. The number of carbonyl (C=O) groups is 1. The van der Waals surface area contributed by atoms with Crippen LogP contribution in [0, 0.1) is 0 Å². The minimum absolute atomic E-state index is 0.194. The third-order valence-corrected chi connectivity index (χ3v) is 2.44. The number of esters is 1. The van der Waals surface area contributed by atoms with Crippen LogP contribution in [0.2, 0.25) is 0 Å². The Labute approximate surface area is 114 Å². The number of carbonyl (C=O) groups excluding carboxylic acids is 1. The minimum Gasteiger partial charge on any atom is -0.455 e. The van der Waals surface area contributed by atoms with Crippen molar-refractivity contribution in [2.75, 3.05) is 6.61 Å². The molecule has 1 rings (SSSR count). The fourth-order valence-electron chi connectivity index (χ4n) is 1.63. The Hall–Kier alpha value is -1.49. The number of aromatic nitrogens is 2. The maximum atomic E-state index is 12.0. The highest BCUT2D eigenvalue weighted by atomic mass is 16.6. The van der Waals surface area contributed by atoms with Gasteiger partial charge in [0.1, 0.15) is 5.60 Å². The van der Waals surface area contributed by atoms with Gasteiger partial charge in [0.25, 0.3) is 0 Å². The molecule has 0 bridgehead atoms. The molecule has 0 aliphatic rings. The van der Waals surface area contributed by atoms with Crippen molar-refractivity contribution in [3.05, 3.63) is 23.8 Å². The Balaban J connectivity index is 2.69. The van der Waals surface area contributed by atoms with Crippen molar-refractivity contribution in [2.24, 2.45) is 0 Å². The molecule has 1 N–H and O–H groups in total. The number of ether oxygens (including phenoxy) is 1. The average molecular weight is 266 g/mol. The van der Waals surface area contributed by atoms with Gasteiger partial charge < -0.3 is 9.84 Å². The fourth-order valence-corrected chi connectivity index (χ4v) is 1.63. The van der Waals surface area contributed by atoms with Crippen molar-refractivity contribution in [3.8, 4) is 0 Å². The molecule has 106 valence electrons. The van der Waals surface area contributed by atoms with Gasteiger partial charge in [-0.3, -0.25) is 4.98 Å². The third-order valence-electron chi connectivity index (χ3n) is 2.44. The van der Waals surface area contributed by atoms with E-state index >= 15 is 0 Å². The van der Waals surface area contributed by atoms with Crippen LogP contribution in [0.5, 0.6) is 0 Å². The second-order valence-corrected chi connectivity index (χ2v) is 5.39. The first-order chi connectivity index (χ1) is 8.94. The van der Waals surface area contributed by atoms with E-state index in [4.69, 9.17) is 9.84 Å². The maximum Gasteiger partial charge on any atom is 0.359 e. The SMILES string of the molecule is CC(C)(C)OC(=O)c1nccnc1CCCCCO. The highest BCUT2D eigenvalue weighted by molar-refractivity contribution is 5.88.